The molecule has 1 rings (SSSR count). The maximum absolute atomic E-state index is 12.0. The van der Waals surface area contributed by atoms with Crippen molar-refractivity contribution in [1.82, 2.24) is 0 Å². The van der Waals surface area contributed by atoms with Crippen LogP contribution in [0.1, 0.15) is 13.8 Å². The summed E-state index contributed by atoms with van der Waals surface area (Å²) in [5.41, 5.74) is 0. The summed E-state index contributed by atoms with van der Waals surface area (Å²) in [5, 5.41) is 14.6. The summed E-state index contributed by atoms with van der Waals surface area (Å²) in [5.74, 6) is -10.0. The van der Waals surface area contributed by atoms with Crippen molar-refractivity contribution in [1.29, 1.82) is 10.5 Å². The van der Waals surface area contributed by atoms with Crippen molar-refractivity contribution in [3.8, 4) is 12.1 Å². The Hall–Kier alpha value is -1.01. The molecule has 0 heterocycles. The first-order chi connectivity index (χ1) is 8.87. The van der Waals surface area contributed by atoms with Crippen LogP contribution >= 0.6 is 13.4 Å². The van der Waals surface area contributed by atoms with Gasteiger partial charge in [0.05, 0.1) is 41.2 Å². The van der Waals surface area contributed by atoms with E-state index in [4.69, 9.17) is 10.5 Å². The van der Waals surface area contributed by atoms with E-state index in [9.17, 15) is 22.0 Å². The fourth-order valence-corrected chi connectivity index (χ4v) is 0.495. The molecule has 2 nitrogen and oxygen atoms in total. The van der Waals surface area contributed by atoms with E-state index in [2.05, 4.69) is 30.6 Å². The topological polar surface area (TPSA) is 47.6 Å². The van der Waals surface area contributed by atoms with Crippen LogP contribution in [0.25, 0.3) is 0 Å². The molecule has 9 heteroatoms. The molecule has 0 radical (unpaired) electrons. The summed E-state index contributed by atoms with van der Waals surface area (Å²) in [6.45, 7) is 2.86. The Balaban J connectivity index is -0.000000269. The van der Waals surface area contributed by atoms with E-state index >= 15 is 0 Å². The molecule has 0 saturated carbocycles. The van der Waals surface area contributed by atoms with Crippen molar-refractivity contribution in [2.24, 2.45) is 0 Å². The van der Waals surface area contributed by atoms with Gasteiger partial charge in [0.15, 0.2) is 0 Å². The number of rotatable bonds is 0. The van der Waals surface area contributed by atoms with Crippen LogP contribution in [0.5, 0.6) is 0 Å². The maximum atomic E-state index is 12.0. The van der Waals surface area contributed by atoms with Gasteiger partial charge in [-0.05, 0) is 0 Å². The third-order valence-electron chi connectivity index (χ3n) is 0.990. The normalized spacial score (nSPS) is 7.16. The molecular weight excluding hydrogens is 429 g/mol. The monoisotopic (exact) mass is 434 g/mol. The van der Waals surface area contributed by atoms with Crippen LogP contribution in [-0.4, -0.2) is 0 Å². The van der Waals surface area contributed by atoms with Gasteiger partial charge in [0.2, 0.25) is 0 Å². The van der Waals surface area contributed by atoms with Crippen molar-refractivity contribution in [3.05, 3.63) is 35.2 Å². The van der Waals surface area contributed by atoms with Crippen molar-refractivity contribution >= 4 is 13.4 Å². The minimum atomic E-state index is -2.17. The van der Waals surface area contributed by atoms with Gasteiger partial charge in [-0.2, -0.15) is 10.5 Å². The number of halogens is 6. The third-order valence-corrected chi connectivity index (χ3v) is 0.990. The SMILES string of the molecule is CC#N.CC#N.Fc1[c-]c(F)c(F)c(F)c1F.[Br][Pd+]. The predicted octanol–water partition coefficient (Wildman–Crippen LogP) is 4.09. The molecule has 19 heavy (non-hydrogen) atoms. The van der Waals surface area contributed by atoms with Crippen LogP contribution in [0.4, 0.5) is 22.0 Å². The van der Waals surface area contributed by atoms with Crippen LogP contribution < -0.4 is 0 Å². The van der Waals surface area contributed by atoms with Crippen molar-refractivity contribution in [2.75, 3.05) is 0 Å². The molecule has 1 aromatic rings. The second-order valence-electron chi connectivity index (χ2n) is 2.14. The summed E-state index contributed by atoms with van der Waals surface area (Å²) < 4.78 is 59.9. The molecule has 0 aliphatic rings. The number of hydrogen-bond donors (Lipinski definition) is 0. The second kappa shape index (κ2) is 15.1. The van der Waals surface area contributed by atoms with E-state index in [-0.39, 0.29) is 0 Å². The standard InChI is InChI=1S/C6F5.2C2H3N.BrH.Pd/c7-2-1-3(8)5(10)6(11)4(2)9;2*1-2-3;;/h;2*1H3;1H;/q-1;;;;+2/p-1. The van der Waals surface area contributed by atoms with E-state index in [1.54, 1.807) is 12.1 Å². The Bertz CT molecular complexity index is 418. The molecule has 108 valence electrons. The van der Waals surface area contributed by atoms with E-state index in [1.807, 2.05) is 0 Å². The van der Waals surface area contributed by atoms with Crippen LogP contribution in [0, 0.1) is 57.8 Å². The molecule has 0 unspecified atom stereocenters. The average Bonchev–Trinajstić information content (AvgIpc) is 2.38. The number of benzene rings is 1. The zero-order valence-corrected chi connectivity index (χ0v) is 12.6. The fraction of sp³-hybridized carbons (Fsp3) is 0.200. The summed E-state index contributed by atoms with van der Waals surface area (Å²) in [6.07, 6.45) is 0. The summed E-state index contributed by atoms with van der Waals surface area (Å²) >= 11 is 5.35. The van der Waals surface area contributed by atoms with Gasteiger partial charge < -0.3 is 0 Å². The Kier molecular flexibility index (Phi) is 18.3. The molecule has 0 N–H and O–H groups in total. The van der Waals surface area contributed by atoms with Crippen molar-refractivity contribution in [2.45, 2.75) is 13.8 Å². The van der Waals surface area contributed by atoms with Crippen molar-refractivity contribution < 1.29 is 39.1 Å². The van der Waals surface area contributed by atoms with Gasteiger partial charge in [0.25, 0.3) is 0 Å². The Morgan fingerprint density at radius 1 is 0.842 bits per heavy atom. The van der Waals surface area contributed by atoms with Gasteiger partial charge in [0, 0.05) is 13.8 Å². The fourth-order valence-electron chi connectivity index (χ4n) is 0.495. The van der Waals surface area contributed by atoms with Gasteiger partial charge in [-0.15, -0.1) is 6.07 Å². The van der Waals surface area contributed by atoms with Gasteiger partial charge in [-0.3, -0.25) is 8.78 Å². The molecule has 0 fully saturated rings. The summed E-state index contributed by atoms with van der Waals surface area (Å²) in [6, 6.07) is 4.52. The second-order valence-corrected chi connectivity index (χ2v) is 2.14. The van der Waals surface area contributed by atoms with Crippen LogP contribution in [0.2, 0.25) is 0 Å². The molecule has 0 atom stereocenters. The molecule has 0 aliphatic heterocycles. The van der Waals surface area contributed by atoms with E-state index in [0.29, 0.717) is 0 Å². The Morgan fingerprint density at radius 3 is 1.26 bits per heavy atom. The molecular formula is C10H6BrF5N2Pd. The Labute approximate surface area is 124 Å². The molecule has 0 spiro atoms. The molecule has 0 bridgehead atoms. The first kappa shape index (κ1) is 23.1. The van der Waals surface area contributed by atoms with Gasteiger partial charge in [0.1, 0.15) is 0 Å². The molecule has 0 aliphatic carbocycles. The molecule has 0 aromatic heterocycles. The Morgan fingerprint density at radius 2 is 1.05 bits per heavy atom. The summed E-state index contributed by atoms with van der Waals surface area (Å²) in [4.78, 5) is 0. The number of nitriles is 2. The van der Waals surface area contributed by atoms with E-state index in [0.717, 1.165) is 6.07 Å². The van der Waals surface area contributed by atoms with Crippen LogP contribution in [0.15, 0.2) is 0 Å². The van der Waals surface area contributed by atoms with Gasteiger partial charge in [-0.1, -0.05) is 0 Å². The molecule has 0 saturated heterocycles. The van der Waals surface area contributed by atoms with E-state index < -0.39 is 29.1 Å². The zero-order chi connectivity index (χ0) is 16.0. The van der Waals surface area contributed by atoms with Crippen LogP contribution in [0.3, 0.4) is 0 Å². The quantitative estimate of drug-likeness (QED) is 0.203. The minimum absolute atomic E-state index is 1.02. The number of nitrogens with zero attached hydrogens (tertiary/aromatic N) is 2. The van der Waals surface area contributed by atoms with Gasteiger partial charge >= 0.3 is 30.6 Å². The predicted molar refractivity (Wildman–Crippen MR) is 56.6 cm³/mol. The van der Waals surface area contributed by atoms with Crippen LogP contribution in [-0.2, 0) is 17.2 Å². The van der Waals surface area contributed by atoms with Crippen molar-refractivity contribution in [3.63, 3.8) is 0 Å². The zero-order valence-electron chi connectivity index (χ0n) is 9.48. The first-order valence-corrected chi connectivity index (χ1v) is 7.57. The average molecular weight is 435 g/mol. The molecule has 1 aromatic carbocycles. The first-order valence-electron chi connectivity index (χ1n) is 4.01. The van der Waals surface area contributed by atoms with Gasteiger partial charge in [-0.25, -0.2) is 13.2 Å². The molecule has 0 amide bonds. The third kappa shape index (κ3) is 10.6. The van der Waals surface area contributed by atoms with E-state index in [1.165, 1.54) is 13.8 Å². The summed E-state index contributed by atoms with van der Waals surface area (Å²) in [7, 11) is 0. The number of hydrogen-bond acceptors (Lipinski definition) is 2.